The van der Waals surface area contributed by atoms with Gasteiger partial charge in [0.2, 0.25) is 17.6 Å². The molecule has 37 heavy (non-hydrogen) atoms. The zero-order chi connectivity index (χ0) is 25.9. The van der Waals surface area contributed by atoms with Crippen molar-refractivity contribution in [3.63, 3.8) is 0 Å². The Labute approximate surface area is 209 Å². The Morgan fingerprint density at radius 2 is 1.16 bits per heavy atom. The van der Waals surface area contributed by atoms with Crippen LogP contribution in [0, 0.1) is 5.82 Å². The summed E-state index contributed by atoms with van der Waals surface area (Å²) in [5.74, 6) is -2.54. The van der Waals surface area contributed by atoms with E-state index in [1.54, 1.807) is 24.3 Å². The van der Waals surface area contributed by atoms with Gasteiger partial charge in [0, 0.05) is 22.1 Å². The maximum absolute atomic E-state index is 14.4. The monoisotopic (exact) mass is 496 g/mol. The molecule has 0 saturated carbocycles. The first-order valence-corrected chi connectivity index (χ1v) is 11.5. The molecule has 5 aromatic rings. The van der Waals surface area contributed by atoms with Crippen LogP contribution in [0.15, 0.2) is 101 Å². The quantitative estimate of drug-likeness (QED) is 0.374. The molecule has 184 valence electrons. The molecular formula is C28H21FN4O4. The number of halogens is 1. The standard InChI is InChI=1S/C28H21FN4O4/c29-22-15-32(16-25(34)30-23-13-5-9-18-7-1-3-11-20(18)23)28(37)33(27(22)36)17-26(35)31-24-14-6-10-19-8-2-4-12-21(19)24/h1-15H,16-17H2,(H,30,34)(H,31,35). The molecule has 0 fully saturated rings. The fourth-order valence-corrected chi connectivity index (χ4v) is 4.22. The van der Waals surface area contributed by atoms with Crippen molar-refractivity contribution in [1.29, 1.82) is 0 Å². The number of rotatable bonds is 6. The molecule has 0 aliphatic heterocycles. The SMILES string of the molecule is O=C(Cn1cc(F)c(=O)n(CC(=O)Nc2cccc3ccccc23)c1=O)Nc1cccc2ccccc12. The average Bonchev–Trinajstić information content (AvgIpc) is 2.90. The number of aromatic nitrogens is 2. The van der Waals surface area contributed by atoms with E-state index in [4.69, 9.17) is 0 Å². The van der Waals surface area contributed by atoms with Crippen LogP contribution in [-0.4, -0.2) is 20.9 Å². The van der Waals surface area contributed by atoms with Gasteiger partial charge in [0.05, 0.1) is 6.20 Å². The fourth-order valence-electron chi connectivity index (χ4n) is 4.22. The number of amides is 2. The van der Waals surface area contributed by atoms with Gasteiger partial charge in [-0.1, -0.05) is 72.8 Å². The molecule has 0 atom stereocenters. The lowest BCUT2D eigenvalue weighted by atomic mass is 10.1. The van der Waals surface area contributed by atoms with Gasteiger partial charge in [-0.15, -0.1) is 0 Å². The van der Waals surface area contributed by atoms with Crippen LogP contribution in [0.3, 0.4) is 0 Å². The van der Waals surface area contributed by atoms with Gasteiger partial charge in [-0.25, -0.2) is 9.36 Å². The molecule has 0 saturated heterocycles. The molecular weight excluding hydrogens is 475 g/mol. The minimum absolute atomic E-state index is 0.473. The first-order chi connectivity index (χ1) is 17.9. The number of fused-ring (bicyclic) bond motifs is 2. The zero-order valence-corrected chi connectivity index (χ0v) is 19.5. The summed E-state index contributed by atoms with van der Waals surface area (Å²) in [6.45, 7) is -1.27. The van der Waals surface area contributed by atoms with E-state index in [1.165, 1.54) is 0 Å². The Balaban J connectivity index is 1.37. The molecule has 2 N–H and O–H groups in total. The second-order valence-electron chi connectivity index (χ2n) is 8.43. The van der Waals surface area contributed by atoms with E-state index in [2.05, 4.69) is 10.6 Å². The number of hydrogen-bond donors (Lipinski definition) is 2. The number of benzene rings is 4. The maximum atomic E-state index is 14.4. The lowest BCUT2D eigenvalue weighted by Gasteiger charge is -2.13. The minimum Gasteiger partial charge on any atom is -0.324 e. The van der Waals surface area contributed by atoms with Crippen molar-refractivity contribution in [3.05, 3.63) is 118 Å². The van der Waals surface area contributed by atoms with Crippen molar-refractivity contribution in [2.45, 2.75) is 13.1 Å². The highest BCUT2D eigenvalue weighted by molar-refractivity contribution is 6.03. The Hall–Kier alpha value is -5.05. The molecule has 0 radical (unpaired) electrons. The maximum Gasteiger partial charge on any atom is 0.332 e. The summed E-state index contributed by atoms with van der Waals surface area (Å²) in [5, 5.41) is 8.76. The largest absolute Gasteiger partial charge is 0.332 e. The first kappa shape index (κ1) is 23.7. The van der Waals surface area contributed by atoms with Crippen LogP contribution in [0.4, 0.5) is 15.8 Å². The van der Waals surface area contributed by atoms with Crippen LogP contribution in [0.5, 0.6) is 0 Å². The highest BCUT2D eigenvalue weighted by atomic mass is 19.1. The number of nitrogens with zero attached hydrogens (tertiary/aromatic N) is 2. The van der Waals surface area contributed by atoms with E-state index in [1.807, 2.05) is 60.7 Å². The van der Waals surface area contributed by atoms with Gasteiger partial charge in [-0.05, 0) is 22.9 Å². The van der Waals surface area contributed by atoms with E-state index < -0.39 is 42.0 Å². The van der Waals surface area contributed by atoms with Crippen LogP contribution in [0.1, 0.15) is 0 Å². The molecule has 2 amide bonds. The van der Waals surface area contributed by atoms with Gasteiger partial charge < -0.3 is 10.6 Å². The predicted octanol–water partition coefficient (Wildman–Crippen LogP) is 3.73. The van der Waals surface area contributed by atoms with E-state index in [0.717, 1.165) is 26.1 Å². The van der Waals surface area contributed by atoms with Crippen molar-refractivity contribution >= 4 is 44.7 Å². The van der Waals surface area contributed by atoms with Crippen molar-refractivity contribution in [2.24, 2.45) is 0 Å². The lowest BCUT2D eigenvalue weighted by Crippen LogP contribution is -2.44. The number of hydrogen-bond acceptors (Lipinski definition) is 4. The Kier molecular flexibility index (Phi) is 6.34. The van der Waals surface area contributed by atoms with Gasteiger partial charge >= 0.3 is 5.69 Å². The Bertz CT molecular complexity index is 1780. The number of carbonyl (C=O) groups excluding carboxylic acids is 2. The van der Waals surface area contributed by atoms with Crippen LogP contribution in [0.25, 0.3) is 21.5 Å². The summed E-state index contributed by atoms with van der Waals surface area (Å²) in [5.41, 5.74) is -1.21. The number of nitrogens with one attached hydrogen (secondary N) is 2. The van der Waals surface area contributed by atoms with Crippen molar-refractivity contribution in [1.82, 2.24) is 9.13 Å². The molecule has 0 bridgehead atoms. The molecule has 9 heteroatoms. The van der Waals surface area contributed by atoms with Gasteiger partial charge in [0.25, 0.3) is 5.56 Å². The zero-order valence-electron chi connectivity index (χ0n) is 19.5. The Morgan fingerprint density at radius 1 is 0.676 bits per heavy atom. The van der Waals surface area contributed by atoms with Crippen LogP contribution >= 0.6 is 0 Å². The number of carbonyl (C=O) groups is 2. The van der Waals surface area contributed by atoms with Gasteiger partial charge in [-0.3, -0.25) is 19.0 Å². The smallest absolute Gasteiger partial charge is 0.324 e. The topological polar surface area (TPSA) is 102 Å². The molecule has 0 unspecified atom stereocenters. The second kappa shape index (κ2) is 9.90. The van der Waals surface area contributed by atoms with Crippen molar-refractivity contribution < 1.29 is 14.0 Å². The Morgan fingerprint density at radius 3 is 1.73 bits per heavy atom. The molecule has 1 heterocycles. The number of anilines is 2. The van der Waals surface area contributed by atoms with E-state index >= 15 is 0 Å². The molecule has 0 aliphatic rings. The lowest BCUT2D eigenvalue weighted by molar-refractivity contribution is -0.117. The highest BCUT2D eigenvalue weighted by Crippen LogP contribution is 2.23. The molecule has 5 rings (SSSR count). The van der Waals surface area contributed by atoms with Gasteiger partial charge in [0.1, 0.15) is 13.1 Å². The summed E-state index contributed by atoms with van der Waals surface area (Å²) < 4.78 is 15.7. The average molecular weight is 496 g/mol. The molecule has 1 aromatic heterocycles. The first-order valence-electron chi connectivity index (χ1n) is 11.5. The van der Waals surface area contributed by atoms with Gasteiger partial charge in [0.15, 0.2) is 0 Å². The van der Waals surface area contributed by atoms with E-state index in [0.29, 0.717) is 22.1 Å². The van der Waals surface area contributed by atoms with Crippen molar-refractivity contribution in [2.75, 3.05) is 10.6 Å². The molecule has 0 aliphatic carbocycles. The predicted molar refractivity (Wildman–Crippen MR) is 140 cm³/mol. The van der Waals surface area contributed by atoms with E-state index in [-0.39, 0.29) is 0 Å². The minimum atomic E-state index is -1.25. The summed E-state index contributed by atoms with van der Waals surface area (Å²) in [6.07, 6.45) is 0.673. The highest BCUT2D eigenvalue weighted by Gasteiger charge is 2.17. The van der Waals surface area contributed by atoms with Crippen LogP contribution in [0.2, 0.25) is 0 Å². The molecule has 0 spiro atoms. The summed E-state index contributed by atoms with van der Waals surface area (Å²) in [7, 11) is 0. The van der Waals surface area contributed by atoms with Crippen LogP contribution < -0.4 is 21.9 Å². The fraction of sp³-hybridized carbons (Fsp3) is 0.0714. The third-order valence-electron chi connectivity index (χ3n) is 5.94. The summed E-state index contributed by atoms with van der Waals surface area (Å²) >= 11 is 0. The van der Waals surface area contributed by atoms with Gasteiger partial charge in [-0.2, -0.15) is 4.39 Å². The van der Waals surface area contributed by atoms with Crippen molar-refractivity contribution in [3.8, 4) is 0 Å². The summed E-state index contributed by atoms with van der Waals surface area (Å²) in [6, 6.07) is 25.5. The summed E-state index contributed by atoms with van der Waals surface area (Å²) in [4.78, 5) is 50.7. The normalized spacial score (nSPS) is 10.9. The second-order valence-corrected chi connectivity index (χ2v) is 8.43. The third kappa shape index (κ3) is 4.87. The van der Waals surface area contributed by atoms with E-state index in [9.17, 15) is 23.6 Å². The van der Waals surface area contributed by atoms with Crippen LogP contribution in [-0.2, 0) is 22.7 Å². The third-order valence-corrected chi connectivity index (χ3v) is 5.94. The molecule has 8 nitrogen and oxygen atoms in total. The molecule has 4 aromatic carbocycles.